The van der Waals surface area contributed by atoms with E-state index in [1.54, 1.807) is 0 Å². The van der Waals surface area contributed by atoms with Gasteiger partial charge in [0.15, 0.2) is 17.5 Å². The van der Waals surface area contributed by atoms with Crippen LogP contribution in [0.1, 0.15) is 12.0 Å². The Bertz CT molecular complexity index is 963. The van der Waals surface area contributed by atoms with Gasteiger partial charge < -0.3 is 30.4 Å². The van der Waals surface area contributed by atoms with Gasteiger partial charge in [-0.05, 0) is 29.4 Å². The summed E-state index contributed by atoms with van der Waals surface area (Å²) < 4.78 is 0. The number of rotatable bonds is 5. The maximum Gasteiger partial charge on any atom is 0.354 e. The SMILES string of the molecule is O=C(O)C1=N[C@H](C(=O)O)CC(/C=C/N2c3cc(O)c(O)cc3C[C@H]2C(=O)O)=C1. The molecule has 10 heteroatoms. The summed E-state index contributed by atoms with van der Waals surface area (Å²) in [5.74, 6) is -4.55. The van der Waals surface area contributed by atoms with Gasteiger partial charge in [0.05, 0.1) is 0 Å². The second-order valence-corrected chi connectivity index (χ2v) is 6.35. The van der Waals surface area contributed by atoms with Gasteiger partial charge in [0.1, 0.15) is 11.8 Å². The third-order valence-corrected chi connectivity index (χ3v) is 4.49. The van der Waals surface area contributed by atoms with Crippen molar-refractivity contribution in [3.63, 3.8) is 0 Å². The van der Waals surface area contributed by atoms with E-state index >= 15 is 0 Å². The molecular formula is C18H16N2O8. The molecule has 0 spiro atoms. The molecule has 1 aromatic carbocycles. The average Bonchev–Trinajstić information content (AvgIpc) is 2.97. The predicted molar refractivity (Wildman–Crippen MR) is 95.7 cm³/mol. The summed E-state index contributed by atoms with van der Waals surface area (Å²) in [6, 6.07) is 0.263. The summed E-state index contributed by atoms with van der Waals surface area (Å²) in [6.07, 6.45) is 4.06. The largest absolute Gasteiger partial charge is 0.504 e. The normalized spacial score (nSPS) is 21.2. The number of carbonyl (C=O) groups is 3. The maximum atomic E-state index is 11.6. The first-order valence-corrected chi connectivity index (χ1v) is 8.16. The van der Waals surface area contributed by atoms with E-state index in [0.29, 0.717) is 16.8 Å². The van der Waals surface area contributed by atoms with Gasteiger partial charge >= 0.3 is 17.9 Å². The van der Waals surface area contributed by atoms with Crippen LogP contribution in [-0.4, -0.2) is 61.2 Å². The summed E-state index contributed by atoms with van der Waals surface area (Å²) in [4.78, 5) is 39.0. The van der Waals surface area contributed by atoms with Crippen LogP contribution in [0, 0.1) is 0 Å². The molecule has 3 rings (SSSR count). The Hall–Kier alpha value is -3.82. The molecule has 10 nitrogen and oxygen atoms in total. The quantitative estimate of drug-likeness (QED) is 0.457. The first-order chi connectivity index (χ1) is 13.2. The van der Waals surface area contributed by atoms with Crippen LogP contribution >= 0.6 is 0 Å². The highest BCUT2D eigenvalue weighted by Crippen LogP contribution is 2.40. The van der Waals surface area contributed by atoms with Crippen molar-refractivity contribution in [1.82, 2.24) is 0 Å². The second-order valence-electron chi connectivity index (χ2n) is 6.35. The summed E-state index contributed by atoms with van der Waals surface area (Å²) in [5, 5.41) is 47.1. The fraction of sp³-hybridized carbons (Fsp3) is 0.222. The number of hydrogen-bond donors (Lipinski definition) is 5. The van der Waals surface area contributed by atoms with Crippen LogP contribution in [0.3, 0.4) is 0 Å². The molecule has 0 fully saturated rings. The molecule has 28 heavy (non-hydrogen) atoms. The van der Waals surface area contributed by atoms with Gasteiger partial charge in [-0.2, -0.15) is 0 Å². The third kappa shape index (κ3) is 3.52. The lowest BCUT2D eigenvalue weighted by Crippen LogP contribution is -2.34. The third-order valence-electron chi connectivity index (χ3n) is 4.49. The van der Waals surface area contributed by atoms with Crippen LogP contribution in [0.4, 0.5) is 5.69 Å². The number of benzene rings is 1. The Morgan fingerprint density at radius 1 is 1.04 bits per heavy atom. The molecule has 2 aliphatic heterocycles. The first-order valence-electron chi connectivity index (χ1n) is 8.16. The van der Waals surface area contributed by atoms with Crippen molar-refractivity contribution in [2.45, 2.75) is 24.9 Å². The van der Waals surface area contributed by atoms with Crippen LogP contribution < -0.4 is 4.90 Å². The molecule has 1 aromatic rings. The van der Waals surface area contributed by atoms with E-state index < -0.39 is 41.5 Å². The van der Waals surface area contributed by atoms with Gasteiger partial charge in [0.2, 0.25) is 0 Å². The van der Waals surface area contributed by atoms with Gasteiger partial charge in [0, 0.05) is 30.8 Å². The van der Waals surface area contributed by atoms with Crippen molar-refractivity contribution < 1.29 is 39.9 Å². The van der Waals surface area contributed by atoms with Gasteiger partial charge in [-0.3, -0.25) is 4.99 Å². The number of allylic oxidation sites excluding steroid dienone is 1. The number of dihydropyridines is 1. The number of fused-ring (bicyclic) bond motifs is 1. The van der Waals surface area contributed by atoms with Crippen molar-refractivity contribution in [3.05, 3.63) is 41.6 Å². The van der Waals surface area contributed by atoms with E-state index in [9.17, 15) is 29.7 Å². The average molecular weight is 388 g/mol. The van der Waals surface area contributed by atoms with Crippen LogP contribution in [0.2, 0.25) is 0 Å². The van der Waals surface area contributed by atoms with Gasteiger partial charge in [-0.1, -0.05) is 0 Å². The van der Waals surface area contributed by atoms with E-state index in [1.165, 1.54) is 35.4 Å². The van der Waals surface area contributed by atoms with Crippen molar-refractivity contribution in [2.75, 3.05) is 4.90 Å². The summed E-state index contributed by atoms with van der Waals surface area (Å²) in [7, 11) is 0. The van der Waals surface area contributed by atoms with Gasteiger partial charge in [0.25, 0.3) is 0 Å². The standard InChI is InChI=1S/C18H16N2O8/c21-14-6-9-5-13(18(27)28)20(12(9)7-15(14)22)2-1-8-3-10(16(23)24)19-11(4-8)17(25)26/h1-3,6-7,11,13,21-22H,4-5H2,(H,23,24)(H,25,26)(H,27,28)/b2-1+/t11-,13-/m0/s1. The fourth-order valence-corrected chi connectivity index (χ4v) is 3.14. The van der Waals surface area contributed by atoms with E-state index in [-0.39, 0.29) is 18.6 Å². The van der Waals surface area contributed by atoms with Crippen LogP contribution in [-0.2, 0) is 20.8 Å². The highest BCUT2D eigenvalue weighted by molar-refractivity contribution is 6.41. The molecule has 0 saturated heterocycles. The molecular weight excluding hydrogens is 372 g/mol. The molecule has 146 valence electrons. The molecule has 0 radical (unpaired) electrons. The zero-order chi connectivity index (χ0) is 20.6. The molecule has 0 aliphatic carbocycles. The fourth-order valence-electron chi connectivity index (χ4n) is 3.14. The lowest BCUT2D eigenvalue weighted by molar-refractivity contribution is -0.139. The highest BCUT2D eigenvalue weighted by Gasteiger charge is 2.34. The van der Waals surface area contributed by atoms with Crippen molar-refractivity contribution in [1.29, 1.82) is 0 Å². The Labute approximate surface area is 158 Å². The molecule has 0 saturated carbocycles. The van der Waals surface area contributed by atoms with Crippen molar-refractivity contribution in [3.8, 4) is 11.5 Å². The van der Waals surface area contributed by atoms with Gasteiger partial charge in [-0.15, -0.1) is 0 Å². The van der Waals surface area contributed by atoms with Crippen molar-refractivity contribution >= 4 is 29.3 Å². The molecule has 0 amide bonds. The lowest BCUT2D eigenvalue weighted by Gasteiger charge is -2.21. The minimum atomic E-state index is -1.37. The van der Waals surface area contributed by atoms with E-state index in [1.807, 2.05) is 0 Å². The zero-order valence-electron chi connectivity index (χ0n) is 14.3. The minimum absolute atomic E-state index is 0.0537. The highest BCUT2D eigenvalue weighted by atomic mass is 16.4. The Morgan fingerprint density at radius 3 is 2.32 bits per heavy atom. The van der Waals surface area contributed by atoms with Crippen LogP contribution in [0.5, 0.6) is 11.5 Å². The van der Waals surface area contributed by atoms with E-state index in [4.69, 9.17) is 10.2 Å². The minimum Gasteiger partial charge on any atom is -0.504 e. The number of aliphatic carboxylic acids is 3. The molecule has 0 bridgehead atoms. The zero-order valence-corrected chi connectivity index (χ0v) is 14.3. The molecule has 2 atom stereocenters. The second kappa shape index (κ2) is 7.06. The topological polar surface area (TPSA) is 168 Å². The summed E-state index contributed by atoms with van der Waals surface area (Å²) in [6.45, 7) is 0. The molecule has 2 aliphatic rings. The van der Waals surface area contributed by atoms with Crippen molar-refractivity contribution in [2.24, 2.45) is 4.99 Å². The Morgan fingerprint density at radius 2 is 1.71 bits per heavy atom. The number of aliphatic imine (C=N–C) groups is 1. The monoisotopic (exact) mass is 388 g/mol. The van der Waals surface area contributed by atoms with E-state index in [2.05, 4.69) is 4.99 Å². The van der Waals surface area contributed by atoms with Crippen LogP contribution in [0.15, 0.2) is 41.1 Å². The molecule has 2 heterocycles. The number of carboxylic acids is 3. The number of phenols is 2. The maximum absolute atomic E-state index is 11.6. The van der Waals surface area contributed by atoms with Gasteiger partial charge in [-0.25, -0.2) is 14.4 Å². The summed E-state index contributed by atoms with van der Waals surface area (Å²) in [5.41, 5.74) is 0.830. The first kappa shape index (κ1) is 19.0. The van der Waals surface area contributed by atoms with Crippen LogP contribution in [0.25, 0.3) is 0 Å². The smallest absolute Gasteiger partial charge is 0.354 e. The Balaban J connectivity index is 1.95. The number of anilines is 1. The number of hydrogen-bond acceptors (Lipinski definition) is 7. The van der Waals surface area contributed by atoms with E-state index in [0.717, 1.165) is 0 Å². The predicted octanol–water partition coefficient (Wildman–Crippen LogP) is 0.736. The molecule has 0 aromatic heterocycles. The lowest BCUT2D eigenvalue weighted by atomic mass is 10.0. The summed E-state index contributed by atoms with van der Waals surface area (Å²) >= 11 is 0. The number of aromatic hydroxyl groups is 2. The molecule has 5 N–H and O–H groups in total. The Kier molecular flexibility index (Phi) is 4.78. The number of carboxylic acid groups (broad SMARTS) is 3. The number of nitrogens with zero attached hydrogens (tertiary/aromatic N) is 2. The number of phenolic OH excluding ortho intramolecular Hbond substituents is 2. The molecule has 0 unspecified atom stereocenters.